The topological polar surface area (TPSA) is 99.1 Å². The number of nitrogens with zero attached hydrogens (tertiary/aromatic N) is 4. The first-order valence-electron chi connectivity index (χ1n) is 5.95. The molecule has 0 radical (unpaired) electrons. The van der Waals surface area contributed by atoms with E-state index in [1.807, 2.05) is 18.0 Å². The Morgan fingerprint density at radius 2 is 2.33 bits per heavy atom. The van der Waals surface area contributed by atoms with Gasteiger partial charge in [-0.25, -0.2) is 4.98 Å². The zero-order chi connectivity index (χ0) is 13.2. The van der Waals surface area contributed by atoms with Crippen LogP contribution in [0, 0.1) is 16.7 Å². The highest BCUT2D eigenvalue weighted by atomic mass is 16.3. The number of aliphatic hydroxyl groups excluding tert-OH is 1. The second-order valence-corrected chi connectivity index (χ2v) is 4.95. The van der Waals surface area contributed by atoms with Gasteiger partial charge in [-0.3, -0.25) is 0 Å². The van der Waals surface area contributed by atoms with Gasteiger partial charge >= 0.3 is 0 Å². The third-order valence-corrected chi connectivity index (χ3v) is 3.59. The van der Waals surface area contributed by atoms with E-state index in [0.717, 1.165) is 19.3 Å². The van der Waals surface area contributed by atoms with Crippen molar-refractivity contribution in [1.29, 1.82) is 5.26 Å². The van der Waals surface area contributed by atoms with Gasteiger partial charge in [0.1, 0.15) is 17.5 Å². The molecular formula is C12H17N5O. The molecule has 0 aromatic carbocycles. The van der Waals surface area contributed by atoms with E-state index in [1.54, 1.807) is 0 Å². The molecule has 3 N–H and O–H groups in total. The first-order chi connectivity index (χ1) is 8.60. The summed E-state index contributed by atoms with van der Waals surface area (Å²) in [6, 6.07) is 1.93. The summed E-state index contributed by atoms with van der Waals surface area (Å²) in [5.74, 6) is 0.687. The Balaban J connectivity index is 2.12. The Labute approximate surface area is 106 Å². The van der Waals surface area contributed by atoms with Gasteiger partial charge in [0.15, 0.2) is 0 Å². The van der Waals surface area contributed by atoms with Crippen LogP contribution in [0.25, 0.3) is 0 Å². The number of aromatic nitrogens is 2. The van der Waals surface area contributed by atoms with Crippen molar-refractivity contribution in [2.75, 3.05) is 30.8 Å². The minimum Gasteiger partial charge on any atom is -0.396 e. The number of aliphatic hydroxyl groups is 1. The third-order valence-electron chi connectivity index (χ3n) is 3.59. The fraction of sp³-hybridized carbons (Fsp3) is 0.583. The van der Waals surface area contributed by atoms with Crippen molar-refractivity contribution in [3.05, 3.63) is 11.8 Å². The maximum Gasteiger partial charge on any atom is 0.227 e. The zero-order valence-corrected chi connectivity index (χ0v) is 10.4. The van der Waals surface area contributed by atoms with Crippen LogP contribution in [-0.4, -0.2) is 35.3 Å². The first kappa shape index (κ1) is 12.6. The van der Waals surface area contributed by atoms with Crippen LogP contribution in [0.2, 0.25) is 0 Å². The van der Waals surface area contributed by atoms with Gasteiger partial charge in [0, 0.05) is 19.0 Å². The number of anilines is 2. The molecule has 0 bridgehead atoms. The molecule has 6 nitrogen and oxygen atoms in total. The zero-order valence-electron chi connectivity index (χ0n) is 10.4. The van der Waals surface area contributed by atoms with E-state index in [0.29, 0.717) is 12.5 Å². The second kappa shape index (κ2) is 4.78. The predicted molar refractivity (Wildman–Crippen MR) is 67.8 cm³/mol. The molecule has 2 rings (SSSR count). The Morgan fingerprint density at radius 3 is 2.78 bits per heavy atom. The lowest BCUT2D eigenvalue weighted by molar-refractivity contribution is 0.0521. The molecule has 0 amide bonds. The minimum atomic E-state index is -0.0270. The number of rotatable bonds is 4. The summed E-state index contributed by atoms with van der Waals surface area (Å²) in [5, 5.41) is 18.2. The lowest BCUT2D eigenvalue weighted by Crippen LogP contribution is -2.44. The standard InChI is InChI=1S/C12H17N5O/c1-17(7-12(8-18)3-2-4-12)11-15-6-9(5-13)10(14)16-11/h6,18H,2-4,7-8H2,1H3,(H2,14,15,16). The van der Waals surface area contributed by atoms with Crippen LogP contribution < -0.4 is 10.6 Å². The van der Waals surface area contributed by atoms with Gasteiger partial charge in [0.25, 0.3) is 0 Å². The van der Waals surface area contributed by atoms with Gasteiger partial charge in [-0.2, -0.15) is 10.2 Å². The monoisotopic (exact) mass is 247 g/mol. The largest absolute Gasteiger partial charge is 0.396 e. The maximum atomic E-state index is 9.43. The molecule has 0 unspecified atom stereocenters. The van der Waals surface area contributed by atoms with Crippen molar-refractivity contribution in [3.63, 3.8) is 0 Å². The van der Waals surface area contributed by atoms with Gasteiger partial charge in [-0.15, -0.1) is 0 Å². The van der Waals surface area contributed by atoms with E-state index in [4.69, 9.17) is 11.0 Å². The molecule has 1 aromatic rings. The van der Waals surface area contributed by atoms with Gasteiger partial charge in [-0.1, -0.05) is 6.42 Å². The summed E-state index contributed by atoms with van der Waals surface area (Å²) in [6.07, 6.45) is 4.64. The highest BCUT2D eigenvalue weighted by Gasteiger charge is 2.37. The van der Waals surface area contributed by atoms with E-state index in [9.17, 15) is 5.11 Å². The average Bonchev–Trinajstić information content (AvgIpc) is 2.33. The molecule has 1 fully saturated rings. The Bertz CT molecular complexity index is 472. The average molecular weight is 247 g/mol. The van der Waals surface area contributed by atoms with E-state index in [-0.39, 0.29) is 23.4 Å². The van der Waals surface area contributed by atoms with Crippen molar-refractivity contribution < 1.29 is 5.11 Å². The molecule has 1 aliphatic rings. The third kappa shape index (κ3) is 2.22. The Hall–Kier alpha value is -1.87. The fourth-order valence-electron chi connectivity index (χ4n) is 2.27. The van der Waals surface area contributed by atoms with E-state index < -0.39 is 0 Å². The van der Waals surface area contributed by atoms with Crippen LogP contribution in [0.15, 0.2) is 6.20 Å². The van der Waals surface area contributed by atoms with Crippen molar-refractivity contribution in [2.24, 2.45) is 5.41 Å². The minimum absolute atomic E-state index is 0.0270. The van der Waals surface area contributed by atoms with Crippen LogP contribution in [0.3, 0.4) is 0 Å². The molecule has 1 aliphatic carbocycles. The smallest absolute Gasteiger partial charge is 0.227 e. The van der Waals surface area contributed by atoms with Crippen molar-refractivity contribution in [1.82, 2.24) is 9.97 Å². The Kier molecular flexibility index (Phi) is 3.34. The van der Waals surface area contributed by atoms with Gasteiger partial charge in [0.05, 0.1) is 12.8 Å². The number of hydrogen-bond donors (Lipinski definition) is 2. The lowest BCUT2D eigenvalue weighted by Gasteiger charge is -2.42. The summed E-state index contributed by atoms with van der Waals surface area (Å²) in [6.45, 7) is 0.887. The number of nitriles is 1. The van der Waals surface area contributed by atoms with Crippen molar-refractivity contribution in [2.45, 2.75) is 19.3 Å². The molecule has 18 heavy (non-hydrogen) atoms. The van der Waals surface area contributed by atoms with Crippen molar-refractivity contribution >= 4 is 11.8 Å². The molecule has 1 aromatic heterocycles. The van der Waals surface area contributed by atoms with Crippen LogP contribution in [0.5, 0.6) is 0 Å². The SMILES string of the molecule is CN(CC1(CO)CCC1)c1ncc(C#N)c(N)n1. The first-order valence-corrected chi connectivity index (χ1v) is 5.95. The van der Waals surface area contributed by atoms with Crippen molar-refractivity contribution in [3.8, 4) is 6.07 Å². The maximum absolute atomic E-state index is 9.43. The molecule has 1 heterocycles. The van der Waals surface area contributed by atoms with Crippen LogP contribution in [-0.2, 0) is 0 Å². The molecular weight excluding hydrogens is 230 g/mol. The summed E-state index contributed by atoms with van der Waals surface area (Å²) >= 11 is 0. The predicted octanol–water partition coefficient (Wildman–Crippen LogP) is 0.529. The molecule has 96 valence electrons. The van der Waals surface area contributed by atoms with Crippen LogP contribution in [0.4, 0.5) is 11.8 Å². The lowest BCUT2D eigenvalue weighted by atomic mass is 9.69. The van der Waals surface area contributed by atoms with Gasteiger partial charge in [-0.05, 0) is 12.8 Å². The van der Waals surface area contributed by atoms with Gasteiger partial charge in [0.2, 0.25) is 5.95 Å². The molecule has 0 spiro atoms. The summed E-state index contributed by atoms with van der Waals surface area (Å²) in [5.41, 5.74) is 5.92. The fourth-order valence-corrected chi connectivity index (χ4v) is 2.27. The van der Waals surface area contributed by atoms with E-state index in [1.165, 1.54) is 6.20 Å². The molecule has 6 heteroatoms. The van der Waals surface area contributed by atoms with Crippen LogP contribution >= 0.6 is 0 Å². The normalized spacial score (nSPS) is 16.7. The van der Waals surface area contributed by atoms with E-state index in [2.05, 4.69) is 9.97 Å². The highest BCUT2D eigenvalue weighted by Crippen LogP contribution is 2.41. The Morgan fingerprint density at radius 1 is 1.61 bits per heavy atom. The molecule has 0 aliphatic heterocycles. The number of hydrogen-bond acceptors (Lipinski definition) is 6. The summed E-state index contributed by atoms with van der Waals surface area (Å²) in [7, 11) is 1.87. The molecule has 1 saturated carbocycles. The highest BCUT2D eigenvalue weighted by molar-refractivity contribution is 5.50. The quantitative estimate of drug-likeness (QED) is 0.805. The summed E-state index contributed by atoms with van der Waals surface area (Å²) in [4.78, 5) is 10.1. The number of nitrogens with two attached hydrogens (primary N) is 1. The summed E-state index contributed by atoms with van der Waals surface area (Å²) < 4.78 is 0. The van der Waals surface area contributed by atoms with E-state index >= 15 is 0 Å². The number of nitrogen functional groups attached to an aromatic ring is 1. The molecule has 0 saturated heterocycles. The van der Waals surface area contributed by atoms with Gasteiger partial charge < -0.3 is 15.7 Å². The second-order valence-electron chi connectivity index (χ2n) is 4.95. The van der Waals surface area contributed by atoms with Crippen LogP contribution in [0.1, 0.15) is 24.8 Å². The molecule has 0 atom stereocenters.